The second kappa shape index (κ2) is 15.9. The van der Waals surface area contributed by atoms with Crippen molar-refractivity contribution in [2.75, 3.05) is 6.61 Å². The van der Waals surface area contributed by atoms with E-state index in [9.17, 15) is 34.5 Å². The van der Waals surface area contributed by atoms with Crippen molar-refractivity contribution in [1.82, 2.24) is 5.32 Å². The molecule has 1 amide bonds. The highest BCUT2D eigenvalue weighted by molar-refractivity contribution is 5.89. The Morgan fingerprint density at radius 1 is 0.984 bits per heavy atom. The molecule has 3 aliphatic carbocycles. The van der Waals surface area contributed by atoms with Gasteiger partial charge in [-0.2, -0.15) is 0 Å². The first-order valence-corrected chi connectivity index (χ1v) is 20.6. The smallest absolute Gasteiger partial charge is 0.408 e. The van der Waals surface area contributed by atoms with Crippen LogP contribution in [0.15, 0.2) is 84.5 Å². The highest BCUT2D eigenvalue weighted by atomic mass is 16.7. The van der Waals surface area contributed by atoms with Crippen molar-refractivity contribution in [3.05, 3.63) is 95.6 Å². The third kappa shape index (κ3) is 7.46. The van der Waals surface area contributed by atoms with Crippen molar-refractivity contribution in [1.29, 1.82) is 0 Å². The molecule has 2 aromatic rings. The molecule has 13 atom stereocenters. The fourth-order valence-electron chi connectivity index (χ4n) is 10.5. The van der Waals surface area contributed by atoms with Gasteiger partial charge in [0.15, 0.2) is 18.0 Å². The van der Waals surface area contributed by atoms with E-state index in [1.807, 2.05) is 0 Å². The third-order valence-corrected chi connectivity index (χ3v) is 13.5. The Morgan fingerprint density at radius 3 is 2.20 bits per heavy atom. The van der Waals surface area contributed by atoms with Gasteiger partial charge in [-0.1, -0.05) is 75.9 Å². The lowest BCUT2D eigenvalue weighted by molar-refractivity contribution is -0.361. The second-order valence-electron chi connectivity index (χ2n) is 18.6. The van der Waals surface area contributed by atoms with E-state index in [0.29, 0.717) is 16.7 Å². The number of hydrogen-bond donors (Lipinski definition) is 4. The predicted octanol–water partition coefficient (Wildman–Crippen LogP) is 4.63. The number of fused-ring (bicyclic) bond motifs is 8. The molecule has 2 bridgehead atoms. The molecule has 0 radical (unpaired) electrons. The number of amides is 1. The number of benzene rings is 2. The summed E-state index contributed by atoms with van der Waals surface area (Å²) in [6.07, 6.45) is -9.86. The number of carbonyl (C=O) groups excluding carboxylic acids is 4. The molecule has 0 aromatic heterocycles. The molecule has 2 heterocycles. The maximum atomic E-state index is 14.4. The summed E-state index contributed by atoms with van der Waals surface area (Å²) >= 11 is 0. The van der Waals surface area contributed by atoms with Gasteiger partial charge in [-0.05, 0) is 62.6 Å². The lowest BCUT2D eigenvalue weighted by Gasteiger charge is -2.68. The first-order valence-electron chi connectivity index (χ1n) is 20.6. The fraction of sp³-hybridized carbons (Fsp3) is 0.565. The van der Waals surface area contributed by atoms with Gasteiger partial charge in [0.05, 0.1) is 36.3 Å². The molecule has 15 heteroatoms. The summed E-state index contributed by atoms with van der Waals surface area (Å²) in [6, 6.07) is 15.2. The van der Waals surface area contributed by atoms with E-state index < -0.39 is 119 Å². The molecule has 4 fully saturated rings. The van der Waals surface area contributed by atoms with Gasteiger partial charge in [-0.3, -0.25) is 4.79 Å². The number of rotatable bonds is 9. The summed E-state index contributed by atoms with van der Waals surface area (Å²) in [5.74, 6) is -3.83. The van der Waals surface area contributed by atoms with Crippen LogP contribution in [0.25, 0.3) is 0 Å². The summed E-state index contributed by atoms with van der Waals surface area (Å²) in [5.41, 5.74) is -6.03. The van der Waals surface area contributed by atoms with Crippen molar-refractivity contribution >= 4 is 24.0 Å². The molecule has 0 spiro atoms. The van der Waals surface area contributed by atoms with E-state index in [0.717, 1.165) is 0 Å². The maximum absolute atomic E-state index is 14.4. The van der Waals surface area contributed by atoms with Gasteiger partial charge in [-0.15, -0.1) is 0 Å². The summed E-state index contributed by atoms with van der Waals surface area (Å²) in [6.45, 7) is 17.0. The van der Waals surface area contributed by atoms with E-state index in [4.69, 9.17) is 33.2 Å². The minimum atomic E-state index is -2.19. The van der Waals surface area contributed by atoms with Crippen molar-refractivity contribution in [3.63, 3.8) is 0 Å². The minimum absolute atomic E-state index is 0.0167. The first kappa shape index (κ1) is 44.4. The number of aliphatic hydroxyl groups is 3. The van der Waals surface area contributed by atoms with Crippen molar-refractivity contribution in [2.24, 2.45) is 16.7 Å². The largest absolute Gasteiger partial charge is 0.456 e. The lowest BCUT2D eigenvalue weighted by Crippen LogP contribution is -2.82. The topological polar surface area (TPSA) is 206 Å². The second-order valence-corrected chi connectivity index (χ2v) is 18.6. The van der Waals surface area contributed by atoms with E-state index in [1.54, 1.807) is 109 Å². The molecule has 2 aliphatic heterocycles. The highest BCUT2D eigenvalue weighted by Crippen LogP contribution is 2.66. The van der Waals surface area contributed by atoms with Crippen LogP contribution in [0.4, 0.5) is 4.79 Å². The van der Waals surface area contributed by atoms with E-state index in [1.165, 1.54) is 13.0 Å². The standard InChI is InChI=1S/C46H57NO14/c1-10-31-57-35-32-24(2)28(56-40(52)34(50)33(26-17-13-11-14-18-26)47-41(53)61-42(4,5)6)22-46(54,43(32,7)8)38(59-39(51)27-19-15-12-16-20-27)36-44(9,37(35)58-31)29(49)21-30-45(36,23-55-30)60-25(3)48/h10-20,28-31,33-38,49-50,54H,1,21-23H2,2-9H3,(H,47,53)/t28-,29-,30?,31?,33-,34+,35+,36-,37?,38-,44?,45-,46?/m0/s1. The Balaban J connectivity index is 1.39. The van der Waals surface area contributed by atoms with Gasteiger partial charge in [0, 0.05) is 30.6 Å². The van der Waals surface area contributed by atoms with Gasteiger partial charge in [0.2, 0.25) is 0 Å². The molecule has 330 valence electrons. The zero-order chi connectivity index (χ0) is 44.4. The van der Waals surface area contributed by atoms with Crippen LogP contribution in [-0.4, -0.2) is 112 Å². The summed E-state index contributed by atoms with van der Waals surface area (Å²) < 4.78 is 43.7. The first-order chi connectivity index (χ1) is 28.6. The average molecular weight is 848 g/mol. The molecule has 5 aliphatic rings. The fourth-order valence-corrected chi connectivity index (χ4v) is 10.5. The average Bonchev–Trinajstić information content (AvgIpc) is 3.62. The van der Waals surface area contributed by atoms with Crippen LogP contribution in [0.3, 0.4) is 0 Å². The molecular weight excluding hydrogens is 790 g/mol. The van der Waals surface area contributed by atoms with Gasteiger partial charge < -0.3 is 53.8 Å². The van der Waals surface area contributed by atoms with E-state index >= 15 is 0 Å². The third-order valence-electron chi connectivity index (χ3n) is 13.5. The van der Waals surface area contributed by atoms with Crippen LogP contribution in [-0.2, 0) is 42.7 Å². The molecule has 2 aromatic carbocycles. The van der Waals surface area contributed by atoms with Crippen LogP contribution in [0.1, 0.15) is 90.2 Å². The molecule has 2 saturated carbocycles. The summed E-state index contributed by atoms with van der Waals surface area (Å²) in [7, 11) is 0. The molecule has 2 saturated heterocycles. The number of ether oxygens (including phenoxy) is 7. The molecule has 15 nitrogen and oxygen atoms in total. The van der Waals surface area contributed by atoms with Crippen molar-refractivity contribution in [3.8, 4) is 0 Å². The normalized spacial score (nSPS) is 35.9. The van der Waals surface area contributed by atoms with Crippen LogP contribution in [0.5, 0.6) is 0 Å². The van der Waals surface area contributed by atoms with E-state index in [2.05, 4.69) is 11.9 Å². The van der Waals surface area contributed by atoms with Crippen LogP contribution < -0.4 is 5.32 Å². The SMILES string of the molecule is C=CC1OC2[C@H](O1)C1=C(C)[C@@H](OC(=O)[C@H](O)[C@@H](NC(=O)OC(C)(C)C)c3ccccc3)CC(O)([C@@H](OC(=O)c3ccccc3)[C@H]3C2(C)[C@@H](O)CC2OC[C@]23OC(C)=O)C1(C)C. The minimum Gasteiger partial charge on any atom is -0.456 e. The zero-order valence-corrected chi connectivity index (χ0v) is 35.8. The van der Waals surface area contributed by atoms with Gasteiger partial charge >= 0.3 is 24.0 Å². The number of hydrogen-bond acceptors (Lipinski definition) is 14. The Bertz CT molecular complexity index is 2070. The Hall–Kier alpha value is -4.64. The quantitative estimate of drug-likeness (QED) is 0.154. The molecule has 61 heavy (non-hydrogen) atoms. The highest BCUT2D eigenvalue weighted by Gasteiger charge is 2.79. The van der Waals surface area contributed by atoms with Crippen molar-refractivity contribution < 1.29 is 67.7 Å². The number of nitrogens with one attached hydrogen (secondary N) is 1. The maximum Gasteiger partial charge on any atom is 0.408 e. The lowest BCUT2D eigenvalue weighted by atomic mass is 9.44. The molecule has 7 rings (SSSR count). The number of esters is 3. The van der Waals surface area contributed by atoms with Crippen LogP contribution in [0.2, 0.25) is 0 Å². The molecular formula is C46H57NO14. The Kier molecular flexibility index (Phi) is 11.6. The number of carbonyl (C=O) groups is 4. The molecule has 4 N–H and O–H groups in total. The van der Waals surface area contributed by atoms with Crippen LogP contribution >= 0.6 is 0 Å². The number of alkyl carbamates (subject to hydrolysis) is 1. The van der Waals surface area contributed by atoms with Crippen LogP contribution in [0, 0.1) is 16.7 Å². The Labute approximate surface area is 355 Å². The number of aliphatic hydroxyl groups excluding tert-OH is 2. The van der Waals surface area contributed by atoms with Gasteiger partial charge in [0.1, 0.15) is 35.6 Å². The summed E-state index contributed by atoms with van der Waals surface area (Å²) in [4.78, 5) is 54.8. The van der Waals surface area contributed by atoms with Gasteiger partial charge in [0.25, 0.3) is 0 Å². The monoisotopic (exact) mass is 847 g/mol. The molecule has 5 unspecified atom stereocenters. The van der Waals surface area contributed by atoms with Crippen molar-refractivity contribution in [2.45, 2.75) is 140 Å². The zero-order valence-electron chi connectivity index (χ0n) is 35.8. The predicted molar refractivity (Wildman–Crippen MR) is 216 cm³/mol. The Morgan fingerprint density at radius 2 is 1.62 bits per heavy atom. The van der Waals surface area contributed by atoms with Gasteiger partial charge in [-0.25, -0.2) is 14.4 Å². The van der Waals surface area contributed by atoms with E-state index in [-0.39, 0.29) is 18.6 Å². The summed E-state index contributed by atoms with van der Waals surface area (Å²) in [5, 5.41) is 40.5.